The zero-order valence-corrected chi connectivity index (χ0v) is 10.7. The first kappa shape index (κ1) is 12.4. The van der Waals surface area contributed by atoms with Gasteiger partial charge in [-0.05, 0) is 19.1 Å². The van der Waals surface area contributed by atoms with Crippen molar-refractivity contribution in [3.05, 3.63) is 42.2 Å². The summed E-state index contributed by atoms with van der Waals surface area (Å²) in [6.45, 7) is 5.87. The first-order valence-corrected chi connectivity index (χ1v) is 5.93. The van der Waals surface area contributed by atoms with Crippen molar-refractivity contribution >= 4 is 16.9 Å². The van der Waals surface area contributed by atoms with Gasteiger partial charge in [0.05, 0.1) is 11.0 Å². The molecule has 18 heavy (non-hydrogen) atoms. The van der Waals surface area contributed by atoms with Gasteiger partial charge >= 0.3 is 0 Å². The molecule has 0 unspecified atom stereocenters. The van der Waals surface area contributed by atoms with E-state index in [2.05, 4.69) is 21.4 Å². The first-order valence-electron chi connectivity index (χ1n) is 5.93. The molecule has 0 saturated carbocycles. The van der Waals surface area contributed by atoms with Crippen LogP contribution in [0.1, 0.15) is 12.7 Å². The van der Waals surface area contributed by atoms with Gasteiger partial charge in [-0.2, -0.15) is 0 Å². The normalized spacial score (nSPS) is 10.6. The lowest BCUT2D eigenvalue weighted by atomic mass is 10.3. The molecule has 0 fully saturated rings. The van der Waals surface area contributed by atoms with Crippen LogP contribution in [0.3, 0.4) is 0 Å². The zero-order valence-electron chi connectivity index (χ0n) is 10.7. The number of nitrogens with zero attached hydrogens (tertiary/aromatic N) is 2. The molecule has 2 aromatic rings. The number of aryl methyl sites for hydroxylation is 1. The second-order valence-corrected chi connectivity index (χ2v) is 4.36. The molecule has 1 aromatic heterocycles. The maximum absolute atomic E-state index is 11.4. The van der Waals surface area contributed by atoms with Crippen LogP contribution >= 0.6 is 0 Å². The quantitative estimate of drug-likeness (QED) is 0.832. The Kier molecular flexibility index (Phi) is 3.46. The Balaban J connectivity index is 2.06. The molecule has 0 aliphatic heterocycles. The maximum atomic E-state index is 11.4. The van der Waals surface area contributed by atoms with Gasteiger partial charge in [0.25, 0.3) is 0 Å². The van der Waals surface area contributed by atoms with E-state index in [-0.39, 0.29) is 5.91 Å². The number of aromatic nitrogens is 2. The highest BCUT2D eigenvalue weighted by molar-refractivity contribution is 5.92. The first-order chi connectivity index (χ1) is 8.59. The molecule has 1 aromatic carbocycles. The number of benzene rings is 1. The molecule has 4 nitrogen and oxygen atoms in total. The van der Waals surface area contributed by atoms with Crippen LogP contribution in [0.4, 0.5) is 0 Å². The molecule has 0 atom stereocenters. The minimum absolute atomic E-state index is 0.103. The van der Waals surface area contributed by atoms with Gasteiger partial charge in [0.2, 0.25) is 5.91 Å². The molecular weight excluding hydrogens is 226 g/mol. The highest BCUT2D eigenvalue weighted by Crippen LogP contribution is 2.14. The van der Waals surface area contributed by atoms with Gasteiger partial charge in [-0.15, -0.1) is 0 Å². The predicted octanol–water partition coefficient (Wildman–Crippen LogP) is 1.81. The minimum Gasteiger partial charge on any atom is -0.352 e. The highest BCUT2D eigenvalue weighted by Gasteiger charge is 2.07. The van der Waals surface area contributed by atoms with E-state index in [9.17, 15) is 4.79 Å². The van der Waals surface area contributed by atoms with E-state index >= 15 is 0 Å². The second kappa shape index (κ2) is 5.04. The number of para-hydroxylation sites is 2. The van der Waals surface area contributed by atoms with E-state index in [0.717, 1.165) is 16.9 Å². The van der Waals surface area contributed by atoms with Crippen molar-refractivity contribution < 1.29 is 4.79 Å². The van der Waals surface area contributed by atoms with Crippen LogP contribution in [0.15, 0.2) is 36.4 Å². The van der Waals surface area contributed by atoms with Crippen LogP contribution in [-0.4, -0.2) is 22.0 Å². The molecule has 0 aliphatic carbocycles. The molecule has 4 heteroatoms. The third-order valence-electron chi connectivity index (χ3n) is 2.90. The average molecular weight is 243 g/mol. The van der Waals surface area contributed by atoms with Crippen LogP contribution in [0.25, 0.3) is 11.0 Å². The average Bonchev–Trinajstić information content (AvgIpc) is 2.67. The minimum atomic E-state index is -0.103. The Morgan fingerprint density at radius 2 is 2.17 bits per heavy atom. The topological polar surface area (TPSA) is 46.9 Å². The summed E-state index contributed by atoms with van der Waals surface area (Å²) in [4.78, 5) is 15.9. The molecule has 0 aliphatic rings. The summed E-state index contributed by atoms with van der Waals surface area (Å²) in [6.07, 6.45) is 0.713. The molecule has 0 saturated heterocycles. The molecule has 1 amide bonds. The van der Waals surface area contributed by atoms with Crippen molar-refractivity contribution in [3.63, 3.8) is 0 Å². The van der Waals surface area contributed by atoms with Crippen molar-refractivity contribution in [2.45, 2.75) is 13.3 Å². The van der Waals surface area contributed by atoms with E-state index < -0.39 is 0 Å². The number of fused-ring (bicyclic) bond motifs is 1. The molecule has 2 rings (SSSR count). The Bertz CT molecular complexity index is 598. The van der Waals surface area contributed by atoms with E-state index in [4.69, 9.17) is 0 Å². The fraction of sp³-hybridized carbons (Fsp3) is 0.286. The lowest BCUT2D eigenvalue weighted by Gasteiger charge is -2.04. The van der Waals surface area contributed by atoms with Gasteiger partial charge in [-0.3, -0.25) is 4.79 Å². The van der Waals surface area contributed by atoms with E-state index in [1.54, 1.807) is 6.92 Å². The van der Waals surface area contributed by atoms with Crippen LogP contribution in [0, 0.1) is 0 Å². The maximum Gasteiger partial charge on any atom is 0.246 e. The lowest BCUT2D eigenvalue weighted by molar-refractivity contribution is -0.117. The fourth-order valence-corrected chi connectivity index (χ4v) is 1.86. The van der Waals surface area contributed by atoms with Gasteiger partial charge < -0.3 is 9.88 Å². The number of carbonyl (C=O) groups is 1. The zero-order chi connectivity index (χ0) is 13.1. The molecule has 94 valence electrons. The van der Waals surface area contributed by atoms with E-state index in [1.165, 1.54) is 0 Å². The van der Waals surface area contributed by atoms with Gasteiger partial charge in [-0.1, -0.05) is 18.7 Å². The molecular formula is C14H17N3O. The summed E-state index contributed by atoms with van der Waals surface area (Å²) < 4.78 is 2.06. The molecule has 1 heterocycles. The van der Waals surface area contributed by atoms with Crippen LogP contribution in [-0.2, 0) is 18.3 Å². The summed E-state index contributed by atoms with van der Waals surface area (Å²) in [5, 5.41) is 2.81. The Morgan fingerprint density at radius 1 is 1.44 bits per heavy atom. The van der Waals surface area contributed by atoms with Gasteiger partial charge in [-0.25, -0.2) is 4.98 Å². The molecule has 0 radical (unpaired) electrons. The van der Waals surface area contributed by atoms with Crippen LogP contribution in [0.5, 0.6) is 0 Å². The highest BCUT2D eigenvalue weighted by atomic mass is 16.1. The number of amides is 1. The lowest BCUT2D eigenvalue weighted by Crippen LogP contribution is -2.26. The van der Waals surface area contributed by atoms with Crippen LogP contribution < -0.4 is 5.32 Å². The van der Waals surface area contributed by atoms with Crippen molar-refractivity contribution in [1.82, 2.24) is 14.9 Å². The van der Waals surface area contributed by atoms with Crippen molar-refractivity contribution in [2.75, 3.05) is 6.54 Å². The number of imidazole rings is 1. The summed E-state index contributed by atoms with van der Waals surface area (Å²) in [7, 11) is 1.99. The number of hydrogen-bond acceptors (Lipinski definition) is 2. The number of hydrogen-bond donors (Lipinski definition) is 1. The van der Waals surface area contributed by atoms with Crippen molar-refractivity contribution in [3.8, 4) is 0 Å². The smallest absolute Gasteiger partial charge is 0.246 e. The standard InChI is InChI=1S/C14H17N3O/c1-10(2)14(18)15-9-8-13-16-11-6-4-5-7-12(11)17(13)3/h4-7H,1,8-9H2,2-3H3,(H,15,18). The molecule has 1 N–H and O–H groups in total. The summed E-state index contributed by atoms with van der Waals surface area (Å²) in [5.41, 5.74) is 2.62. The summed E-state index contributed by atoms with van der Waals surface area (Å²) >= 11 is 0. The van der Waals surface area contributed by atoms with E-state index in [1.807, 2.05) is 31.3 Å². The Hall–Kier alpha value is -2.10. The monoisotopic (exact) mass is 243 g/mol. The third-order valence-corrected chi connectivity index (χ3v) is 2.90. The Morgan fingerprint density at radius 3 is 2.83 bits per heavy atom. The van der Waals surface area contributed by atoms with Crippen molar-refractivity contribution in [1.29, 1.82) is 0 Å². The van der Waals surface area contributed by atoms with Crippen molar-refractivity contribution in [2.24, 2.45) is 7.05 Å². The summed E-state index contributed by atoms with van der Waals surface area (Å²) in [5.74, 6) is 0.868. The third kappa shape index (κ3) is 2.42. The van der Waals surface area contributed by atoms with Crippen LogP contribution in [0.2, 0.25) is 0 Å². The number of rotatable bonds is 4. The molecule has 0 bridgehead atoms. The largest absolute Gasteiger partial charge is 0.352 e. The number of nitrogens with one attached hydrogen (secondary N) is 1. The fourth-order valence-electron chi connectivity index (χ4n) is 1.86. The van der Waals surface area contributed by atoms with Gasteiger partial charge in [0.15, 0.2) is 0 Å². The summed E-state index contributed by atoms with van der Waals surface area (Å²) in [6, 6.07) is 8.00. The predicted molar refractivity (Wildman–Crippen MR) is 72.2 cm³/mol. The number of carbonyl (C=O) groups excluding carboxylic acids is 1. The second-order valence-electron chi connectivity index (χ2n) is 4.36. The SMILES string of the molecule is C=C(C)C(=O)NCCc1nc2ccccc2n1C. The molecule has 0 spiro atoms. The van der Waals surface area contributed by atoms with E-state index in [0.29, 0.717) is 18.5 Å². The Labute approximate surface area is 106 Å². The van der Waals surface area contributed by atoms with Gasteiger partial charge in [0, 0.05) is 25.6 Å². The van der Waals surface area contributed by atoms with Gasteiger partial charge in [0.1, 0.15) is 5.82 Å².